The van der Waals surface area contributed by atoms with Crippen LogP contribution in [-0.2, 0) is 19.3 Å². The monoisotopic (exact) mass is 409 g/mol. The standard InChI is InChI=1S/C19H27N3O5S/c1-15-3-2-4-16(9-15)20-18(23)22-12-19(13-22)14-28(24,25)17(11-27-19)10-21-5-7-26-8-6-21/h2-4,9,17H,5-8,10-14H2,1H3,(H,20,23)/t17-/m0/s1. The summed E-state index contributed by atoms with van der Waals surface area (Å²) in [5.41, 5.74) is 1.03. The lowest BCUT2D eigenvalue weighted by Gasteiger charge is -2.52. The summed E-state index contributed by atoms with van der Waals surface area (Å²) in [5, 5.41) is 2.35. The fourth-order valence-corrected chi connectivity index (χ4v) is 5.99. The smallest absolute Gasteiger partial charge is 0.322 e. The zero-order valence-electron chi connectivity index (χ0n) is 16.1. The normalized spacial score (nSPS) is 26.6. The molecule has 3 aliphatic heterocycles. The second-order valence-electron chi connectivity index (χ2n) is 7.99. The summed E-state index contributed by atoms with van der Waals surface area (Å²) < 4.78 is 36.9. The number of rotatable bonds is 3. The van der Waals surface area contributed by atoms with E-state index in [1.165, 1.54) is 0 Å². The Morgan fingerprint density at radius 1 is 1.29 bits per heavy atom. The maximum absolute atomic E-state index is 12.8. The predicted molar refractivity (Wildman–Crippen MR) is 105 cm³/mol. The highest BCUT2D eigenvalue weighted by Crippen LogP contribution is 2.33. The summed E-state index contributed by atoms with van der Waals surface area (Å²) in [6, 6.07) is 7.34. The third-order valence-electron chi connectivity index (χ3n) is 5.63. The van der Waals surface area contributed by atoms with Crippen LogP contribution in [-0.4, -0.2) is 93.4 Å². The van der Waals surface area contributed by atoms with Gasteiger partial charge >= 0.3 is 6.03 Å². The minimum absolute atomic E-state index is 0.0246. The van der Waals surface area contributed by atoms with Gasteiger partial charge in [-0.05, 0) is 24.6 Å². The number of ether oxygens (including phenoxy) is 2. The van der Waals surface area contributed by atoms with Crippen molar-refractivity contribution in [1.82, 2.24) is 9.80 Å². The van der Waals surface area contributed by atoms with Crippen molar-refractivity contribution in [3.05, 3.63) is 29.8 Å². The first-order chi connectivity index (χ1) is 13.4. The second kappa shape index (κ2) is 7.62. The molecule has 4 rings (SSSR count). The van der Waals surface area contributed by atoms with Crippen molar-refractivity contribution >= 4 is 21.6 Å². The zero-order valence-corrected chi connectivity index (χ0v) is 16.9. The van der Waals surface area contributed by atoms with Gasteiger partial charge in [0.2, 0.25) is 0 Å². The van der Waals surface area contributed by atoms with E-state index in [9.17, 15) is 13.2 Å². The van der Waals surface area contributed by atoms with Crippen molar-refractivity contribution in [3.63, 3.8) is 0 Å². The number of amides is 2. The van der Waals surface area contributed by atoms with Crippen LogP contribution >= 0.6 is 0 Å². The molecule has 1 atom stereocenters. The third kappa shape index (κ3) is 4.17. The molecule has 0 unspecified atom stereocenters. The van der Waals surface area contributed by atoms with Crippen molar-refractivity contribution < 1.29 is 22.7 Å². The molecule has 0 bridgehead atoms. The number of nitrogens with zero attached hydrogens (tertiary/aromatic N) is 2. The topological polar surface area (TPSA) is 88.2 Å². The predicted octanol–water partition coefficient (Wildman–Crippen LogP) is 0.727. The van der Waals surface area contributed by atoms with Gasteiger partial charge in [-0.2, -0.15) is 0 Å². The molecule has 3 saturated heterocycles. The Morgan fingerprint density at radius 3 is 2.71 bits per heavy atom. The highest BCUT2D eigenvalue weighted by Gasteiger charge is 2.54. The molecule has 3 heterocycles. The van der Waals surface area contributed by atoms with Crippen LogP contribution in [0.4, 0.5) is 10.5 Å². The Kier molecular flexibility index (Phi) is 5.34. The van der Waals surface area contributed by atoms with Gasteiger partial charge in [0.1, 0.15) is 5.60 Å². The first-order valence-electron chi connectivity index (χ1n) is 9.64. The van der Waals surface area contributed by atoms with Crippen molar-refractivity contribution in [1.29, 1.82) is 0 Å². The number of urea groups is 1. The number of carbonyl (C=O) groups excluding carboxylic acids is 1. The molecule has 8 nitrogen and oxygen atoms in total. The van der Waals surface area contributed by atoms with Crippen LogP contribution < -0.4 is 5.32 Å². The molecule has 9 heteroatoms. The number of aryl methyl sites for hydroxylation is 1. The maximum Gasteiger partial charge on any atom is 0.322 e. The van der Waals surface area contributed by atoms with Gasteiger partial charge in [-0.25, -0.2) is 13.2 Å². The van der Waals surface area contributed by atoms with Crippen LogP contribution in [0.25, 0.3) is 0 Å². The van der Waals surface area contributed by atoms with Crippen molar-refractivity contribution in [3.8, 4) is 0 Å². The van der Waals surface area contributed by atoms with Gasteiger partial charge < -0.3 is 19.7 Å². The highest BCUT2D eigenvalue weighted by molar-refractivity contribution is 7.92. The van der Waals surface area contributed by atoms with Crippen LogP contribution in [0.2, 0.25) is 0 Å². The van der Waals surface area contributed by atoms with Crippen LogP contribution in [0.15, 0.2) is 24.3 Å². The Hall–Kier alpha value is -1.68. The molecule has 28 heavy (non-hydrogen) atoms. The van der Waals surface area contributed by atoms with E-state index in [0.717, 1.165) is 24.3 Å². The Balaban J connectivity index is 1.31. The molecule has 0 aliphatic carbocycles. The van der Waals surface area contributed by atoms with E-state index in [-0.39, 0.29) is 18.4 Å². The van der Waals surface area contributed by atoms with Crippen LogP contribution in [0.1, 0.15) is 5.56 Å². The lowest BCUT2D eigenvalue weighted by atomic mass is 9.96. The van der Waals surface area contributed by atoms with E-state index in [0.29, 0.717) is 32.8 Å². The number of benzene rings is 1. The average molecular weight is 410 g/mol. The van der Waals surface area contributed by atoms with E-state index in [1.54, 1.807) is 4.90 Å². The van der Waals surface area contributed by atoms with Crippen LogP contribution in [0.3, 0.4) is 0 Å². The Bertz CT molecular complexity index is 832. The van der Waals surface area contributed by atoms with Crippen molar-refractivity contribution in [2.45, 2.75) is 17.8 Å². The maximum atomic E-state index is 12.8. The summed E-state index contributed by atoms with van der Waals surface area (Å²) in [4.78, 5) is 16.1. The second-order valence-corrected chi connectivity index (χ2v) is 10.3. The van der Waals surface area contributed by atoms with Crippen molar-refractivity contribution in [2.75, 3.05) is 63.6 Å². The van der Waals surface area contributed by atoms with Crippen LogP contribution in [0.5, 0.6) is 0 Å². The summed E-state index contributed by atoms with van der Waals surface area (Å²) in [5.74, 6) is -0.0246. The number of nitrogens with one attached hydrogen (secondary N) is 1. The Labute approximate surface area is 165 Å². The fourth-order valence-electron chi connectivity index (χ4n) is 4.04. The molecule has 2 amide bonds. The molecular weight excluding hydrogens is 382 g/mol. The van der Waals surface area contributed by atoms with Crippen LogP contribution in [0, 0.1) is 6.92 Å². The number of hydrogen-bond acceptors (Lipinski definition) is 6. The Morgan fingerprint density at radius 2 is 2.04 bits per heavy atom. The lowest BCUT2D eigenvalue weighted by Crippen LogP contribution is -2.71. The van der Waals surface area contributed by atoms with E-state index >= 15 is 0 Å². The van der Waals surface area contributed by atoms with Gasteiger partial charge in [-0.1, -0.05) is 12.1 Å². The fraction of sp³-hybridized carbons (Fsp3) is 0.632. The molecule has 0 aromatic heterocycles. The molecule has 1 N–H and O–H groups in total. The first kappa shape index (κ1) is 19.6. The van der Waals surface area contributed by atoms with Gasteiger partial charge in [0, 0.05) is 25.3 Å². The highest BCUT2D eigenvalue weighted by atomic mass is 32.2. The number of morpholine rings is 1. The lowest BCUT2D eigenvalue weighted by molar-refractivity contribution is -0.118. The quantitative estimate of drug-likeness (QED) is 0.792. The summed E-state index contributed by atoms with van der Waals surface area (Å²) in [6.07, 6.45) is 0. The summed E-state index contributed by atoms with van der Waals surface area (Å²) >= 11 is 0. The van der Waals surface area contributed by atoms with Gasteiger partial charge in [0.05, 0.1) is 43.9 Å². The molecule has 0 saturated carbocycles. The SMILES string of the molecule is Cc1cccc(NC(=O)N2CC3(C2)CS(=O)(=O)[C@@H](CN2CCOCC2)CO3)c1. The van der Waals surface area contributed by atoms with Gasteiger partial charge in [-0.3, -0.25) is 4.90 Å². The largest absolute Gasteiger partial charge is 0.379 e. The molecule has 3 fully saturated rings. The molecule has 3 aliphatic rings. The van der Waals surface area contributed by atoms with Gasteiger partial charge in [0.25, 0.3) is 0 Å². The van der Waals surface area contributed by atoms with E-state index < -0.39 is 20.7 Å². The van der Waals surface area contributed by atoms with E-state index in [4.69, 9.17) is 9.47 Å². The van der Waals surface area contributed by atoms with Crippen molar-refractivity contribution in [2.24, 2.45) is 0 Å². The summed E-state index contributed by atoms with van der Waals surface area (Å²) in [6.45, 7) is 6.02. The van der Waals surface area contributed by atoms with Gasteiger partial charge in [-0.15, -0.1) is 0 Å². The molecule has 1 spiro atoms. The zero-order chi connectivity index (χ0) is 19.8. The number of anilines is 1. The molecule has 1 aromatic carbocycles. The number of sulfone groups is 1. The van der Waals surface area contributed by atoms with E-state index in [1.807, 2.05) is 31.2 Å². The number of hydrogen-bond donors (Lipinski definition) is 1. The molecule has 0 radical (unpaired) electrons. The van der Waals surface area contributed by atoms with Gasteiger partial charge in [0.15, 0.2) is 9.84 Å². The first-order valence-corrected chi connectivity index (χ1v) is 11.4. The molecule has 154 valence electrons. The number of carbonyl (C=O) groups is 1. The minimum atomic E-state index is -3.27. The minimum Gasteiger partial charge on any atom is -0.379 e. The molecule has 1 aromatic rings. The molecular formula is C19H27N3O5S. The van der Waals surface area contributed by atoms with E-state index in [2.05, 4.69) is 10.2 Å². The average Bonchev–Trinajstić information content (AvgIpc) is 2.62. The third-order valence-corrected chi connectivity index (χ3v) is 7.86. The summed E-state index contributed by atoms with van der Waals surface area (Å²) in [7, 11) is -3.27. The number of likely N-dealkylation sites (tertiary alicyclic amines) is 1.